The molecule has 21 heavy (non-hydrogen) atoms. The van der Waals surface area contributed by atoms with Crippen LogP contribution in [0.4, 0.5) is 8.78 Å². The quantitative estimate of drug-likeness (QED) is 0.695. The number of unbranched alkanes of at least 4 members (excludes halogenated alkanes) is 3. The third-order valence-corrected chi connectivity index (χ3v) is 3.13. The second-order valence-electron chi connectivity index (χ2n) is 6.40. The fourth-order valence-corrected chi connectivity index (χ4v) is 1.92. The van der Waals surface area contributed by atoms with Crippen LogP contribution in [0.2, 0.25) is 0 Å². The van der Waals surface area contributed by atoms with Crippen molar-refractivity contribution < 1.29 is 13.5 Å². The largest absolute Gasteiger partial charge is 0.488 e. The van der Waals surface area contributed by atoms with Crippen LogP contribution in [-0.2, 0) is 6.54 Å². The van der Waals surface area contributed by atoms with Gasteiger partial charge in [-0.2, -0.15) is 0 Å². The molecule has 0 atom stereocenters. The molecule has 120 valence electrons. The standard InChI is InChI=1S/C17H27F2NO/c1-5-6-7-8-9-21-16-14(18)10-13(11-15(16)19)12-20-17(2,3)4/h10-11,20H,5-9,12H2,1-4H3. The highest BCUT2D eigenvalue weighted by atomic mass is 19.1. The zero-order valence-corrected chi connectivity index (χ0v) is 13.6. The van der Waals surface area contributed by atoms with E-state index in [0.29, 0.717) is 18.7 Å². The third kappa shape index (κ3) is 6.89. The van der Waals surface area contributed by atoms with E-state index in [0.717, 1.165) is 25.7 Å². The predicted molar refractivity (Wildman–Crippen MR) is 82.6 cm³/mol. The van der Waals surface area contributed by atoms with Gasteiger partial charge in [0.25, 0.3) is 0 Å². The minimum atomic E-state index is -0.629. The molecule has 4 heteroatoms. The number of hydrogen-bond donors (Lipinski definition) is 1. The molecule has 0 unspecified atom stereocenters. The molecule has 0 aromatic heterocycles. The van der Waals surface area contributed by atoms with E-state index in [1.54, 1.807) is 0 Å². The highest BCUT2D eigenvalue weighted by molar-refractivity contribution is 5.31. The molecular weight excluding hydrogens is 272 g/mol. The Morgan fingerprint density at radius 2 is 1.67 bits per heavy atom. The molecule has 0 radical (unpaired) electrons. The van der Waals surface area contributed by atoms with Crippen molar-refractivity contribution >= 4 is 0 Å². The summed E-state index contributed by atoms with van der Waals surface area (Å²) in [5, 5.41) is 3.20. The molecule has 2 nitrogen and oxygen atoms in total. The Labute approximate surface area is 126 Å². The maximum Gasteiger partial charge on any atom is 0.190 e. The zero-order chi connectivity index (χ0) is 15.9. The molecule has 0 aliphatic heterocycles. The normalized spacial score (nSPS) is 11.7. The maximum atomic E-state index is 13.9. The van der Waals surface area contributed by atoms with E-state index < -0.39 is 11.6 Å². The fraction of sp³-hybridized carbons (Fsp3) is 0.647. The summed E-state index contributed by atoms with van der Waals surface area (Å²) in [7, 11) is 0. The third-order valence-electron chi connectivity index (χ3n) is 3.13. The average Bonchev–Trinajstić information content (AvgIpc) is 2.38. The predicted octanol–water partition coefficient (Wildman–Crippen LogP) is 4.81. The molecule has 0 saturated carbocycles. The van der Waals surface area contributed by atoms with Crippen LogP contribution in [0.15, 0.2) is 12.1 Å². The van der Waals surface area contributed by atoms with E-state index in [9.17, 15) is 8.78 Å². The lowest BCUT2D eigenvalue weighted by Crippen LogP contribution is -2.35. The van der Waals surface area contributed by atoms with Crippen LogP contribution in [0.5, 0.6) is 5.75 Å². The van der Waals surface area contributed by atoms with Crippen LogP contribution in [0.1, 0.15) is 58.9 Å². The van der Waals surface area contributed by atoms with Crippen molar-refractivity contribution in [2.45, 2.75) is 65.5 Å². The lowest BCUT2D eigenvalue weighted by Gasteiger charge is -2.20. The molecule has 0 amide bonds. The summed E-state index contributed by atoms with van der Waals surface area (Å²) in [5.41, 5.74) is 0.486. The first-order chi connectivity index (χ1) is 9.83. The minimum absolute atomic E-state index is 0.0958. The van der Waals surface area contributed by atoms with Crippen LogP contribution in [0.3, 0.4) is 0 Å². The Morgan fingerprint density at radius 3 is 2.19 bits per heavy atom. The van der Waals surface area contributed by atoms with Crippen LogP contribution < -0.4 is 10.1 Å². The summed E-state index contributed by atoms with van der Waals surface area (Å²) in [6, 6.07) is 2.67. The van der Waals surface area contributed by atoms with Gasteiger partial charge in [0.15, 0.2) is 17.4 Å². The molecule has 0 spiro atoms. The lowest BCUT2D eigenvalue weighted by molar-refractivity contribution is 0.275. The van der Waals surface area contributed by atoms with Crippen molar-refractivity contribution in [1.82, 2.24) is 5.32 Å². The molecule has 0 heterocycles. The van der Waals surface area contributed by atoms with E-state index >= 15 is 0 Å². The smallest absolute Gasteiger partial charge is 0.190 e. The van der Waals surface area contributed by atoms with E-state index in [1.165, 1.54) is 12.1 Å². The number of halogens is 2. The van der Waals surface area contributed by atoms with Crippen molar-refractivity contribution in [3.05, 3.63) is 29.3 Å². The fourth-order valence-electron chi connectivity index (χ4n) is 1.92. The van der Waals surface area contributed by atoms with Gasteiger partial charge in [0.05, 0.1) is 6.61 Å². The van der Waals surface area contributed by atoms with Gasteiger partial charge < -0.3 is 10.1 Å². The van der Waals surface area contributed by atoms with Crippen LogP contribution >= 0.6 is 0 Å². The van der Waals surface area contributed by atoms with Gasteiger partial charge >= 0.3 is 0 Å². The summed E-state index contributed by atoms with van der Waals surface area (Å²) in [4.78, 5) is 0. The van der Waals surface area contributed by atoms with Gasteiger partial charge in [-0.3, -0.25) is 0 Å². The topological polar surface area (TPSA) is 21.3 Å². The molecule has 0 saturated heterocycles. The van der Waals surface area contributed by atoms with E-state index in [-0.39, 0.29) is 11.3 Å². The second-order valence-corrected chi connectivity index (χ2v) is 6.40. The van der Waals surface area contributed by atoms with Crippen LogP contribution in [0.25, 0.3) is 0 Å². The monoisotopic (exact) mass is 299 g/mol. The molecule has 1 aromatic rings. The van der Waals surface area contributed by atoms with Gasteiger partial charge in [-0.25, -0.2) is 8.78 Å². The Bertz CT molecular complexity index is 418. The maximum absolute atomic E-state index is 13.9. The summed E-state index contributed by atoms with van der Waals surface area (Å²) in [6.45, 7) is 8.92. The Balaban J connectivity index is 2.58. The van der Waals surface area contributed by atoms with E-state index in [1.807, 2.05) is 20.8 Å². The Kier molecular flexibility index (Phi) is 7.09. The number of ether oxygens (including phenoxy) is 1. The number of hydrogen-bond acceptors (Lipinski definition) is 2. The van der Waals surface area contributed by atoms with Gasteiger partial charge in [-0.1, -0.05) is 26.2 Å². The highest BCUT2D eigenvalue weighted by Gasteiger charge is 2.14. The molecule has 0 aliphatic carbocycles. The van der Waals surface area contributed by atoms with Crippen LogP contribution in [0, 0.1) is 11.6 Å². The van der Waals surface area contributed by atoms with E-state index in [2.05, 4.69) is 12.2 Å². The number of benzene rings is 1. The SMILES string of the molecule is CCCCCCOc1c(F)cc(CNC(C)(C)C)cc1F. The van der Waals surface area contributed by atoms with Crippen molar-refractivity contribution in [2.24, 2.45) is 0 Å². The minimum Gasteiger partial charge on any atom is -0.488 e. The van der Waals surface area contributed by atoms with Gasteiger partial charge in [-0.05, 0) is 44.9 Å². The van der Waals surface area contributed by atoms with Gasteiger partial charge in [0, 0.05) is 12.1 Å². The highest BCUT2D eigenvalue weighted by Crippen LogP contribution is 2.24. The molecule has 0 aliphatic rings. The summed E-state index contributed by atoms with van der Waals surface area (Å²) in [5.74, 6) is -1.52. The number of nitrogens with one attached hydrogen (secondary N) is 1. The average molecular weight is 299 g/mol. The first-order valence-electron chi connectivity index (χ1n) is 7.69. The molecule has 1 N–H and O–H groups in total. The van der Waals surface area contributed by atoms with Crippen molar-refractivity contribution in [3.8, 4) is 5.75 Å². The number of rotatable bonds is 8. The molecular formula is C17H27F2NO. The lowest BCUT2D eigenvalue weighted by atomic mass is 10.1. The van der Waals surface area contributed by atoms with Crippen molar-refractivity contribution in [3.63, 3.8) is 0 Å². The van der Waals surface area contributed by atoms with Gasteiger partial charge in [0.1, 0.15) is 0 Å². The second kappa shape index (κ2) is 8.32. The molecule has 0 bridgehead atoms. The summed E-state index contributed by atoms with van der Waals surface area (Å²) in [6.07, 6.45) is 4.08. The summed E-state index contributed by atoms with van der Waals surface area (Å²) >= 11 is 0. The molecule has 1 rings (SSSR count). The Hall–Kier alpha value is -1.16. The summed E-state index contributed by atoms with van der Waals surface area (Å²) < 4.78 is 33.1. The van der Waals surface area contributed by atoms with Gasteiger partial charge in [-0.15, -0.1) is 0 Å². The van der Waals surface area contributed by atoms with Crippen LogP contribution in [-0.4, -0.2) is 12.1 Å². The first kappa shape index (κ1) is 17.9. The van der Waals surface area contributed by atoms with E-state index in [4.69, 9.17) is 4.74 Å². The molecule has 0 fully saturated rings. The van der Waals surface area contributed by atoms with Crippen molar-refractivity contribution in [2.75, 3.05) is 6.61 Å². The van der Waals surface area contributed by atoms with Crippen molar-refractivity contribution in [1.29, 1.82) is 0 Å². The first-order valence-corrected chi connectivity index (χ1v) is 7.69. The van der Waals surface area contributed by atoms with Gasteiger partial charge in [0.2, 0.25) is 0 Å². The Morgan fingerprint density at radius 1 is 1.05 bits per heavy atom. The zero-order valence-electron chi connectivity index (χ0n) is 13.6. The molecule has 1 aromatic carbocycles.